The normalized spacial score (nSPS) is 15.8. The van der Waals surface area contributed by atoms with Gasteiger partial charge in [0.2, 0.25) is 5.91 Å². The minimum absolute atomic E-state index is 0.0379. The first-order valence-electron chi connectivity index (χ1n) is 6.04. The maximum atomic E-state index is 11.8. The lowest BCUT2D eigenvalue weighted by Gasteiger charge is -2.10. The molecule has 1 aliphatic rings. The molecule has 7 nitrogen and oxygen atoms in total. The van der Waals surface area contributed by atoms with Crippen LogP contribution in [0.5, 0.6) is 0 Å². The third-order valence-corrected chi connectivity index (χ3v) is 3.17. The van der Waals surface area contributed by atoms with Crippen molar-refractivity contribution in [1.29, 1.82) is 0 Å². The number of nitro groups is 1. The number of hydrogen-bond donors (Lipinski definition) is 1. The maximum absolute atomic E-state index is 11.8. The lowest BCUT2D eigenvalue weighted by atomic mass is 10.2. The van der Waals surface area contributed by atoms with Gasteiger partial charge in [-0.25, -0.2) is 0 Å². The van der Waals surface area contributed by atoms with Crippen molar-refractivity contribution >= 4 is 11.7 Å². The molecule has 7 heteroatoms. The Bertz CT molecular complexity index is 463. The molecule has 0 aromatic carbocycles. The van der Waals surface area contributed by atoms with Crippen LogP contribution in [0.2, 0.25) is 0 Å². The van der Waals surface area contributed by atoms with Gasteiger partial charge in [-0.05, 0) is 24.7 Å². The lowest BCUT2D eigenvalue weighted by molar-refractivity contribution is -0.389. The SMILES string of the molecule is Cc1cc([N+](=O)[O-])nn1CC(=O)NC1CCCC1. The fourth-order valence-corrected chi connectivity index (χ4v) is 2.22. The second kappa shape index (κ2) is 5.16. The van der Waals surface area contributed by atoms with E-state index in [-0.39, 0.29) is 24.3 Å². The molecular formula is C11H16N4O3. The largest absolute Gasteiger partial charge is 0.390 e. The maximum Gasteiger partial charge on any atom is 0.390 e. The number of amides is 1. The summed E-state index contributed by atoms with van der Waals surface area (Å²) in [4.78, 5) is 21.8. The molecule has 1 fully saturated rings. The summed E-state index contributed by atoms with van der Waals surface area (Å²) in [6.45, 7) is 1.74. The first-order valence-corrected chi connectivity index (χ1v) is 6.04. The first-order chi connectivity index (χ1) is 8.56. The highest BCUT2D eigenvalue weighted by Gasteiger charge is 2.20. The Morgan fingerprint density at radius 2 is 2.28 bits per heavy atom. The number of aromatic nitrogens is 2. The average Bonchev–Trinajstić information content (AvgIpc) is 2.89. The van der Waals surface area contributed by atoms with Gasteiger partial charge in [0, 0.05) is 6.04 Å². The van der Waals surface area contributed by atoms with E-state index in [2.05, 4.69) is 10.4 Å². The fourth-order valence-electron chi connectivity index (χ4n) is 2.22. The summed E-state index contributed by atoms with van der Waals surface area (Å²) in [6.07, 6.45) is 4.34. The van der Waals surface area contributed by atoms with Gasteiger partial charge in [-0.3, -0.25) is 4.79 Å². The van der Waals surface area contributed by atoms with Crippen LogP contribution in [0.25, 0.3) is 0 Å². The molecule has 1 heterocycles. The summed E-state index contributed by atoms with van der Waals surface area (Å²) in [7, 11) is 0. The molecule has 18 heavy (non-hydrogen) atoms. The molecule has 0 saturated heterocycles. The van der Waals surface area contributed by atoms with Gasteiger partial charge in [0.1, 0.15) is 6.54 Å². The third-order valence-electron chi connectivity index (χ3n) is 3.17. The number of aryl methyl sites for hydroxylation is 1. The van der Waals surface area contributed by atoms with E-state index < -0.39 is 4.92 Å². The van der Waals surface area contributed by atoms with Crippen LogP contribution in [0.4, 0.5) is 5.82 Å². The van der Waals surface area contributed by atoms with Crippen LogP contribution >= 0.6 is 0 Å². The molecular weight excluding hydrogens is 236 g/mol. The average molecular weight is 252 g/mol. The number of carbonyl (C=O) groups is 1. The minimum atomic E-state index is -0.557. The summed E-state index contributed by atoms with van der Waals surface area (Å²) in [5, 5.41) is 17.3. The topological polar surface area (TPSA) is 90.1 Å². The van der Waals surface area contributed by atoms with E-state index in [0.29, 0.717) is 5.69 Å². The highest BCUT2D eigenvalue weighted by molar-refractivity contribution is 5.76. The number of nitrogens with one attached hydrogen (secondary N) is 1. The Morgan fingerprint density at radius 1 is 1.61 bits per heavy atom. The van der Waals surface area contributed by atoms with Gasteiger partial charge >= 0.3 is 5.82 Å². The summed E-state index contributed by atoms with van der Waals surface area (Å²) in [6, 6.07) is 1.62. The predicted molar refractivity (Wildman–Crippen MR) is 64.0 cm³/mol. The molecule has 0 atom stereocenters. The van der Waals surface area contributed by atoms with Gasteiger partial charge in [-0.2, -0.15) is 4.68 Å². The Balaban J connectivity index is 1.95. The number of nitrogens with zero attached hydrogens (tertiary/aromatic N) is 3. The lowest BCUT2D eigenvalue weighted by Crippen LogP contribution is -2.35. The number of rotatable bonds is 4. The molecule has 98 valence electrons. The summed E-state index contributed by atoms with van der Waals surface area (Å²) >= 11 is 0. The molecule has 1 aromatic rings. The molecule has 1 amide bonds. The van der Waals surface area contributed by atoms with Crippen molar-refractivity contribution in [3.05, 3.63) is 21.9 Å². The van der Waals surface area contributed by atoms with Crippen LogP contribution < -0.4 is 5.32 Å². The van der Waals surface area contributed by atoms with E-state index in [0.717, 1.165) is 25.7 Å². The van der Waals surface area contributed by atoms with Gasteiger partial charge in [-0.1, -0.05) is 12.8 Å². The van der Waals surface area contributed by atoms with E-state index in [9.17, 15) is 14.9 Å². The molecule has 2 rings (SSSR count). The summed E-state index contributed by atoms with van der Waals surface area (Å²) in [5.74, 6) is -0.357. The second-order valence-corrected chi connectivity index (χ2v) is 4.61. The zero-order valence-electron chi connectivity index (χ0n) is 10.3. The smallest absolute Gasteiger partial charge is 0.358 e. The van der Waals surface area contributed by atoms with E-state index in [1.165, 1.54) is 10.7 Å². The highest BCUT2D eigenvalue weighted by atomic mass is 16.6. The molecule has 1 saturated carbocycles. The van der Waals surface area contributed by atoms with E-state index in [4.69, 9.17) is 0 Å². The summed E-state index contributed by atoms with van der Waals surface area (Å²) in [5.41, 5.74) is 0.614. The van der Waals surface area contributed by atoms with Crippen molar-refractivity contribution in [3.63, 3.8) is 0 Å². The van der Waals surface area contributed by atoms with Crippen molar-refractivity contribution in [2.24, 2.45) is 0 Å². The van der Waals surface area contributed by atoms with Crippen LogP contribution in [0.3, 0.4) is 0 Å². The molecule has 1 aliphatic carbocycles. The molecule has 1 aromatic heterocycles. The molecule has 0 bridgehead atoms. The molecule has 0 spiro atoms. The van der Waals surface area contributed by atoms with Crippen LogP contribution in [0.15, 0.2) is 6.07 Å². The van der Waals surface area contributed by atoms with E-state index >= 15 is 0 Å². The monoisotopic (exact) mass is 252 g/mol. The van der Waals surface area contributed by atoms with Crippen LogP contribution in [-0.4, -0.2) is 26.7 Å². The zero-order chi connectivity index (χ0) is 13.1. The second-order valence-electron chi connectivity index (χ2n) is 4.61. The van der Waals surface area contributed by atoms with Crippen LogP contribution in [-0.2, 0) is 11.3 Å². The molecule has 0 radical (unpaired) electrons. The third kappa shape index (κ3) is 2.85. The standard InChI is InChI=1S/C11H16N4O3/c1-8-6-10(15(17)18)13-14(8)7-11(16)12-9-4-2-3-5-9/h6,9H,2-5,7H2,1H3,(H,12,16). The Labute approximate surface area is 104 Å². The highest BCUT2D eigenvalue weighted by Crippen LogP contribution is 2.17. The predicted octanol–water partition coefficient (Wildman–Crippen LogP) is 1.16. The van der Waals surface area contributed by atoms with Gasteiger partial charge < -0.3 is 15.4 Å². The summed E-state index contributed by atoms with van der Waals surface area (Å²) < 4.78 is 1.36. The van der Waals surface area contributed by atoms with E-state index in [1.807, 2.05) is 0 Å². The Hall–Kier alpha value is -1.92. The quantitative estimate of drug-likeness (QED) is 0.643. The van der Waals surface area contributed by atoms with Gasteiger partial charge in [0.25, 0.3) is 0 Å². The van der Waals surface area contributed by atoms with Crippen molar-refractivity contribution in [1.82, 2.24) is 15.1 Å². The number of hydrogen-bond acceptors (Lipinski definition) is 4. The fraction of sp³-hybridized carbons (Fsp3) is 0.636. The first kappa shape index (κ1) is 12.5. The van der Waals surface area contributed by atoms with Gasteiger partial charge in [0.15, 0.2) is 0 Å². The molecule has 1 N–H and O–H groups in total. The molecule has 0 aliphatic heterocycles. The van der Waals surface area contributed by atoms with E-state index in [1.54, 1.807) is 6.92 Å². The Kier molecular flexibility index (Phi) is 3.59. The van der Waals surface area contributed by atoms with Crippen LogP contribution in [0, 0.1) is 17.0 Å². The van der Waals surface area contributed by atoms with Crippen molar-refractivity contribution in [2.45, 2.75) is 45.2 Å². The van der Waals surface area contributed by atoms with Crippen molar-refractivity contribution in [2.75, 3.05) is 0 Å². The Morgan fingerprint density at radius 3 is 2.83 bits per heavy atom. The van der Waals surface area contributed by atoms with Crippen LogP contribution in [0.1, 0.15) is 31.4 Å². The molecule has 0 unspecified atom stereocenters. The van der Waals surface area contributed by atoms with Crippen molar-refractivity contribution < 1.29 is 9.72 Å². The minimum Gasteiger partial charge on any atom is -0.358 e. The van der Waals surface area contributed by atoms with Gasteiger partial charge in [-0.15, -0.1) is 0 Å². The zero-order valence-corrected chi connectivity index (χ0v) is 10.3. The van der Waals surface area contributed by atoms with Gasteiger partial charge in [0.05, 0.1) is 16.9 Å². The van der Waals surface area contributed by atoms with Crippen molar-refractivity contribution in [3.8, 4) is 0 Å². The number of carbonyl (C=O) groups excluding carboxylic acids is 1.